The zero-order valence-electron chi connectivity index (χ0n) is 11.9. The Balaban J connectivity index is 2.22. The van der Waals surface area contributed by atoms with Gasteiger partial charge in [-0.15, -0.1) is 0 Å². The Labute approximate surface area is 123 Å². The third kappa shape index (κ3) is 4.13. The van der Waals surface area contributed by atoms with Crippen LogP contribution in [0, 0.1) is 0 Å². The van der Waals surface area contributed by atoms with E-state index < -0.39 is 5.97 Å². The van der Waals surface area contributed by atoms with Gasteiger partial charge in [-0.3, -0.25) is 9.78 Å². The lowest BCUT2D eigenvalue weighted by Gasteiger charge is -2.22. The minimum absolute atomic E-state index is 0.109. The number of hydrogen-bond donors (Lipinski definition) is 1. The number of aliphatic carboxylic acids is 1. The van der Waals surface area contributed by atoms with E-state index >= 15 is 0 Å². The lowest BCUT2D eigenvalue weighted by Crippen LogP contribution is -2.36. The van der Waals surface area contributed by atoms with Crippen molar-refractivity contribution in [3.05, 3.63) is 35.7 Å². The molecule has 6 heteroatoms. The maximum Gasteiger partial charge on any atom is 0.328 e. The number of rotatable bonds is 7. The molecule has 1 saturated carbocycles. The molecular formula is C15H18N2O4. The van der Waals surface area contributed by atoms with Crippen LogP contribution in [0.25, 0.3) is 6.08 Å². The second-order valence-corrected chi connectivity index (χ2v) is 4.86. The topological polar surface area (TPSA) is 79.7 Å². The van der Waals surface area contributed by atoms with Crippen molar-refractivity contribution in [3.8, 4) is 0 Å². The number of ether oxygens (including phenoxy) is 1. The summed E-state index contributed by atoms with van der Waals surface area (Å²) in [5.41, 5.74) is 0.971. The fourth-order valence-electron chi connectivity index (χ4n) is 2.08. The first-order valence-electron chi connectivity index (χ1n) is 6.78. The third-order valence-corrected chi connectivity index (χ3v) is 3.27. The molecule has 0 bridgehead atoms. The Kier molecular flexibility index (Phi) is 5.05. The van der Waals surface area contributed by atoms with Crippen molar-refractivity contribution < 1.29 is 19.4 Å². The summed E-state index contributed by atoms with van der Waals surface area (Å²) >= 11 is 0. The number of carboxylic acids is 1. The van der Waals surface area contributed by atoms with Gasteiger partial charge in [-0.25, -0.2) is 4.79 Å². The largest absolute Gasteiger partial charge is 0.478 e. The maximum atomic E-state index is 12.7. The standard InChI is InChI=1S/C15H18N2O4/c1-21-9-8-17(12-3-4-12)15(20)13-6-7-16-10-11(13)2-5-14(18)19/h2,5-7,10,12H,3-4,8-9H2,1H3,(H,18,19). The van der Waals surface area contributed by atoms with Crippen LogP contribution in [-0.4, -0.2) is 53.2 Å². The highest BCUT2D eigenvalue weighted by molar-refractivity contribution is 5.99. The van der Waals surface area contributed by atoms with E-state index in [4.69, 9.17) is 9.84 Å². The van der Waals surface area contributed by atoms with Crippen LogP contribution >= 0.6 is 0 Å². The summed E-state index contributed by atoms with van der Waals surface area (Å²) in [4.78, 5) is 29.0. The molecule has 0 unspecified atom stereocenters. The van der Waals surface area contributed by atoms with Crippen LogP contribution in [0.15, 0.2) is 24.5 Å². The van der Waals surface area contributed by atoms with Crippen molar-refractivity contribution >= 4 is 18.0 Å². The molecule has 21 heavy (non-hydrogen) atoms. The van der Waals surface area contributed by atoms with Gasteiger partial charge in [-0.1, -0.05) is 0 Å². The molecular weight excluding hydrogens is 272 g/mol. The lowest BCUT2D eigenvalue weighted by atomic mass is 10.1. The quantitative estimate of drug-likeness (QED) is 0.768. The number of hydrogen-bond acceptors (Lipinski definition) is 4. The van der Waals surface area contributed by atoms with Gasteiger partial charge in [-0.2, -0.15) is 0 Å². The summed E-state index contributed by atoms with van der Waals surface area (Å²) in [6.07, 6.45) is 7.43. The number of carboxylic acid groups (broad SMARTS) is 1. The highest BCUT2D eigenvalue weighted by Crippen LogP contribution is 2.28. The predicted octanol–water partition coefficient (Wildman–Crippen LogP) is 1.43. The summed E-state index contributed by atoms with van der Waals surface area (Å²) < 4.78 is 5.05. The Bertz CT molecular complexity index is 552. The van der Waals surface area contributed by atoms with Gasteiger partial charge in [-0.05, 0) is 25.0 Å². The molecule has 2 rings (SSSR count). The summed E-state index contributed by atoms with van der Waals surface area (Å²) in [6, 6.07) is 1.88. The Hall–Kier alpha value is -2.21. The summed E-state index contributed by atoms with van der Waals surface area (Å²) in [5, 5.41) is 8.71. The molecule has 1 fully saturated rings. The second-order valence-electron chi connectivity index (χ2n) is 4.86. The molecule has 1 amide bonds. The molecule has 0 aliphatic heterocycles. The molecule has 112 valence electrons. The Morgan fingerprint density at radius 3 is 2.90 bits per heavy atom. The monoisotopic (exact) mass is 290 g/mol. The Morgan fingerprint density at radius 2 is 2.29 bits per heavy atom. The summed E-state index contributed by atoms with van der Waals surface area (Å²) in [5.74, 6) is -1.17. The fraction of sp³-hybridized carbons (Fsp3) is 0.400. The first kappa shape index (κ1) is 15.2. The normalized spacial score (nSPS) is 14.3. The van der Waals surface area contributed by atoms with Crippen LogP contribution in [-0.2, 0) is 9.53 Å². The molecule has 1 aromatic rings. The zero-order valence-corrected chi connectivity index (χ0v) is 11.9. The summed E-state index contributed by atoms with van der Waals surface area (Å²) in [7, 11) is 1.60. The van der Waals surface area contributed by atoms with Crippen LogP contribution < -0.4 is 0 Å². The van der Waals surface area contributed by atoms with E-state index in [1.54, 1.807) is 18.1 Å². The van der Waals surface area contributed by atoms with Crippen molar-refractivity contribution in [2.45, 2.75) is 18.9 Å². The van der Waals surface area contributed by atoms with Crippen molar-refractivity contribution in [3.63, 3.8) is 0 Å². The molecule has 0 saturated heterocycles. The number of carbonyl (C=O) groups excluding carboxylic acids is 1. The molecule has 1 aliphatic rings. The van der Waals surface area contributed by atoms with Crippen LogP contribution in [0.2, 0.25) is 0 Å². The number of carbonyl (C=O) groups is 2. The SMILES string of the molecule is COCCN(C(=O)c1ccncc1C=CC(=O)O)C1CC1. The van der Waals surface area contributed by atoms with Gasteiger partial charge >= 0.3 is 5.97 Å². The average molecular weight is 290 g/mol. The highest BCUT2D eigenvalue weighted by atomic mass is 16.5. The van der Waals surface area contributed by atoms with E-state index in [2.05, 4.69) is 4.98 Å². The zero-order chi connectivity index (χ0) is 15.2. The third-order valence-electron chi connectivity index (χ3n) is 3.27. The Morgan fingerprint density at radius 1 is 1.52 bits per heavy atom. The number of amides is 1. The van der Waals surface area contributed by atoms with Crippen molar-refractivity contribution in [1.82, 2.24) is 9.88 Å². The molecule has 1 heterocycles. The van der Waals surface area contributed by atoms with Gasteiger partial charge in [0, 0.05) is 49.3 Å². The molecule has 0 spiro atoms. The number of methoxy groups -OCH3 is 1. The van der Waals surface area contributed by atoms with Crippen LogP contribution in [0.3, 0.4) is 0 Å². The average Bonchev–Trinajstić information content (AvgIpc) is 3.30. The van der Waals surface area contributed by atoms with Crippen molar-refractivity contribution in [1.29, 1.82) is 0 Å². The van der Waals surface area contributed by atoms with Gasteiger partial charge in [0.1, 0.15) is 0 Å². The van der Waals surface area contributed by atoms with Crippen molar-refractivity contribution in [2.24, 2.45) is 0 Å². The van der Waals surface area contributed by atoms with Crippen LogP contribution in [0.1, 0.15) is 28.8 Å². The van der Waals surface area contributed by atoms with E-state index in [9.17, 15) is 9.59 Å². The van der Waals surface area contributed by atoms with Gasteiger partial charge in [0.05, 0.1) is 6.61 Å². The lowest BCUT2D eigenvalue weighted by molar-refractivity contribution is -0.131. The maximum absolute atomic E-state index is 12.7. The predicted molar refractivity (Wildman–Crippen MR) is 76.8 cm³/mol. The number of aromatic nitrogens is 1. The fourth-order valence-corrected chi connectivity index (χ4v) is 2.08. The van der Waals surface area contributed by atoms with Crippen molar-refractivity contribution in [2.75, 3.05) is 20.3 Å². The molecule has 1 aliphatic carbocycles. The van der Waals surface area contributed by atoms with Gasteiger partial charge in [0.15, 0.2) is 0 Å². The number of pyridine rings is 1. The minimum atomic E-state index is -1.06. The van der Waals surface area contributed by atoms with E-state index in [-0.39, 0.29) is 11.9 Å². The van der Waals surface area contributed by atoms with Gasteiger partial charge in [0.25, 0.3) is 5.91 Å². The highest BCUT2D eigenvalue weighted by Gasteiger charge is 2.33. The van der Waals surface area contributed by atoms with Crippen LogP contribution in [0.4, 0.5) is 0 Å². The first-order chi connectivity index (χ1) is 10.1. The molecule has 6 nitrogen and oxygen atoms in total. The molecule has 1 aromatic heterocycles. The molecule has 0 atom stereocenters. The summed E-state index contributed by atoms with van der Waals surface area (Å²) in [6.45, 7) is 1.01. The first-order valence-corrected chi connectivity index (χ1v) is 6.78. The molecule has 1 N–H and O–H groups in total. The van der Waals surface area contributed by atoms with E-state index in [0.717, 1.165) is 18.9 Å². The van der Waals surface area contributed by atoms with E-state index in [1.165, 1.54) is 18.5 Å². The molecule has 0 radical (unpaired) electrons. The minimum Gasteiger partial charge on any atom is -0.478 e. The van der Waals surface area contributed by atoms with E-state index in [1.807, 2.05) is 0 Å². The molecule has 0 aromatic carbocycles. The smallest absolute Gasteiger partial charge is 0.328 e. The second kappa shape index (κ2) is 6.99. The van der Waals surface area contributed by atoms with Gasteiger partial charge in [0.2, 0.25) is 0 Å². The number of nitrogens with zero attached hydrogens (tertiary/aromatic N) is 2. The van der Waals surface area contributed by atoms with Gasteiger partial charge < -0.3 is 14.7 Å². The van der Waals surface area contributed by atoms with Crippen LogP contribution in [0.5, 0.6) is 0 Å². The van der Waals surface area contributed by atoms with E-state index in [0.29, 0.717) is 24.3 Å².